The molecule has 2 aromatic rings. The number of hydrogen-bond donors (Lipinski definition) is 2. The highest BCUT2D eigenvalue weighted by Crippen LogP contribution is 2.38. The summed E-state index contributed by atoms with van der Waals surface area (Å²) in [6, 6.07) is 9.15. The van der Waals surface area contributed by atoms with Gasteiger partial charge in [-0.2, -0.15) is 5.10 Å². The van der Waals surface area contributed by atoms with Crippen molar-refractivity contribution in [2.45, 2.75) is 44.0 Å². The third-order valence-electron chi connectivity index (χ3n) is 4.46. The molecule has 1 aliphatic rings. The van der Waals surface area contributed by atoms with Gasteiger partial charge in [-0.15, -0.1) is 0 Å². The third kappa shape index (κ3) is 5.05. The highest BCUT2D eigenvalue weighted by atomic mass is 32.2. The smallest absolute Gasteiger partial charge is 0.266 e. The number of benzene rings is 1. The summed E-state index contributed by atoms with van der Waals surface area (Å²) >= 11 is 0. The number of hydrogen-bond acceptors (Lipinski definition) is 5. The van der Waals surface area contributed by atoms with Crippen LogP contribution in [0, 0.1) is 5.92 Å². The second-order valence-electron chi connectivity index (χ2n) is 7.16. The average Bonchev–Trinajstić information content (AvgIpc) is 3.48. The Morgan fingerprint density at radius 1 is 1.18 bits per heavy atom. The maximum absolute atomic E-state index is 12.4. The van der Waals surface area contributed by atoms with Crippen molar-refractivity contribution in [3.63, 3.8) is 0 Å². The minimum atomic E-state index is -3.72. The molecule has 0 radical (unpaired) electrons. The van der Waals surface area contributed by atoms with Crippen LogP contribution in [0.4, 0.5) is 5.69 Å². The lowest BCUT2D eigenvalue weighted by Gasteiger charge is -2.10. The van der Waals surface area contributed by atoms with E-state index >= 15 is 0 Å². The van der Waals surface area contributed by atoms with Crippen molar-refractivity contribution in [2.75, 3.05) is 11.9 Å². The van der Waals surface area contributed by atoms with Gasteiger partial charge in [-0.05, 0) is 43.2 Å². The fraction of sp³-hybridized carbons (Fsp3) is 0.421. The van der Waals surface area contributed by atoms with E-state index in [9.17, 15) is 18.0 Å². The van der Waals surface area contributed by atoms with Gasteiger partial charge < -0.3 is 5.32 Å². The van der Waals surface area contributed by atoms with Crippen LogP contribution in [-0.4, -0.2) is 30.7 Å². The maximum Gasteiger partial charge on any atom is 0.266 e. The maximum atomic E-state index is 12.4. The second kappa shape index (κ2) is 8.24. The summed E-state index contributed by atoms with van der Waals surface area (Å²) in [7, 11) is -3.72. The van der Waals surface area contributed by atoms with E-state index in [2.05, 4.69) is 15.1 Å². The van der Waals surface area contributed by atoms with E-state index in [0.717, 1.165) is 18.5 Å². The second-order valence-corrected chi connectivity index (χ2v) is 8.93. The Morgan fingerprint density at radius 2 is 1.86 bits per heavy atom. The van der Waals surface area contributed by atoms with Gasteiger partial charge in [-0.25, -0.2) is 17.8 Å². The molecule has 1 amide bonds. The fourth-order valence-corrected chi connectivity index (χ4v) is 3.62. The molecular weight excluding hydrogens is 380 g/mol. The average molecular weight is 404 g/mol. The van der Waals surface area contributed by atoms with E-state index in [1.807, 2.05) is 0 Å². The number of sulfonamides is 1. The van der Waals surface area contributed by atoms with E-state index in [-0.39, 0.29) is 35.4 Å². The Morgan fingerprint density at radius 3 is 2.46 bits per heavy atom. The van der Waals surface area contributed by atoms with Crippen molar-refractivity contribution in [1.29, 1.82) is 0 Å². The highest BCUT2D eigenvalue weighted by Gasteiger charge is 2.25. The highest BCUT2D eigenvalue weighted by molar-refractivity contribution is 7.89. The topological polar surface area (TPSA) is 110 Å². The van der Waals surface area contributed by atoms with E-state index in [1.165, 1.54) is 22.9 Å². The summed E-state index contributed by atoms with van der Waals surface area (Å²) in [6.07, 6.45) is 2.15. The number of amides is 1. The molecule has 0 spiro atoms. The summed E-state index contributed by atoms with van der Waals surface area (Å²) in [6.45, 7) is 3.76. The van der Waals surface area contributed by atoms with Gasteiger partial charge in [0.15, 0.2) is 0 Å². The zero-order valence-corrected chi connectivity index (χ0v) is 16.7. The van der Waals surface area contributed by atoms with Crippen LogP contribution in [0.15, 0.2) is 46.1 Å². The van der Waals surface area contributed by atoms with Gasteiger partial charge in [0.25, 0.3) is 5.56 Å². The van der Waals surface area contributed by atoms with Gasteiger partial charge >= 0.3 is 0 Å². The monoisotopic (exact) mass is 404 g/mol. The van der Waals surface area contributed by atoms with Crippen LogP contribution in [0.25, 0.3) is 0 Å². The molecule has 0 aliphatic heterocycles. The number of carbonyl (C=O) groups is 1. The molecule has 1 aromatic carbocycles. The zero-order chi connectivity index (χ0) is 20.3. The molecule has 1 heterocycles. The van der Waals surface area contributed by atoms with Gasteiger partial charge in [-0.3, -0.25) is 9.59 Å². The molecular formula is C19H24N4O4S. The molecule has 1 saturated carbocycles. The Kier molecular flexibility index (Phi) is 5.95. The van der Waals surface area contributed by atoms with Crippen molar-refractivity contribution in [2.24, 2.45) is 5.92 Å². The number of anilines is 1. The Balaban J connectivity index is 1.60. The first-order valence-corrected chi connectivity index (χ1v) is 10.7. The first kappa shape index (κ1) is 20.2. The van der Waals surface area contributed by atoms with Gasteiger partial charge in [0.05, 0.1) is 17.1 Å². The standard InChI is InChI=1S/C19H24N4O4S/c1-13(2)19(25)21-15-5-7-16(8-6-15)28(26,27)20-11-12-23-18(24)10-9-17(22-23)14-3-4-14/h5-10,13-14,20H,3-4,11-12H2,1-2H3,(H,21,25). The van der Waals surface area contributed by atoms with Crippen LogP contribution >= 0.6 is 0 Å². The predicted molar refractivity (Wildman–Crippen MR) is 106 cm³/mol. The molecule has 3 rings (SSSR count). The number of nitrogens with zero attached hydrogens (tertiary/aromatic N) is 2. The molecule has 0 atom stereocenters. The minimum absolute atomic E-state index is 0.0508. The predicted octanol–water partition coefficient (Wildman–Crippen LogP) is 1.69. The SMILES string of the molecule is CC(C)C(=O)Nc1ccc(S(=O)(=O)NCCn2nc(C3CC3)ccc2=O)cc1. The van der Waals surface area contributed by atoms with Gasteiger partial charge in [0, 0.05) is 30.1 Å². The Bertz CT molecular complexity index is 1010. The van der Waals surface area contributed by atoms with Crippen LogP contribution < -0.4 is 15.6 Å². The number of nitrogens with one attached hydrogen (secondary N) is 2. The van der Waals surface area contributed by atoms with Crippen LogP contribution in [0.1, 0.15) is 38.3 Å². The van der Waals surface area contributed by atoms with Gasteiger partial charge in [0.1, 0.15) is 0 Å². The summed E-state index contributed by atoms with van der Waals surface area (Å²) < 4.78 is 28.6. The lowest BCUT2D eigenvalue weighted by molar-refractivity contribution is -0.118. The Labute approximate surface area is 164 Å². The summed E-state index contributed by atoms with van der Waals surface area (Å²) in [5.41, 5.74) is 1.15. The molecule has 1 aromatic heterocycles. The van der Waals surface area contributed by atoms with E-state index in [1.54, 1.807) is 32.0 Å². The molecule has 9 heteroatoms. The van der Waals surface area contributed by atoms with Crippen molar-refractivity contribution >= 4 is 21.6 Å². The normalized spacial score (nSPS) is 14.2. The number of rotatable bonds is 8. The van der Waals surface area contributed by atoms with Gasteiger partial charge in [0.2, 0.25) is 15.9 Å². The third-order valence-corrected chi connectivity index (χ3v) is 5.93. The quantitative estimate of drug-likeness (QED) is 0.696. The first-order chi connectivity index (χ1) is 13.3. The molecule has 1 fully saturated rings. The summed E-state index contributed by atoms with van der Waals surface area (Å²) in [4.78, 5) is 23.7. The van der Waals surface area contributed by atoms with Crippen molar-refractivity contribution in [3.8, 4) is 0 Å². The van der Waals surface area contributed by atoms with E-state index < -0.39 is 10.0 Å². The van der Waals surface area contributed by atoms with Crippen molar-refractivity contribution in [1.82, 2.24) is 14.5 Å². The van der Waals surface area contributed by atoms with Crippen LogP contribution in [-0.2, 0) is 21.4 Å². The molecule has 1 aliphatic carbocycles. The molecule has 0 saturated heterocycles. The first-order valence-electron chi connectivity index (χ1n) is 9.25. The number of aromatic nitrogens is 2. The largest absolute Gasteiger partial charge is 0.326 e. The molecule has 2 N–H and O–H groups in total. The van der Waals surface area contributed by atoms with E-state index in [4.69, 9.17) is 0 Å². The molecule has 0 unspecified atom stereocenters. The lowest BCUT2D eigenvalue weighted by atomic mass is 10.2. The van der Waals surface area contributed by atoms with Crippen molar-refractivity contribution < 1.29 is 13.2 Å². The lowest BCUT2D eigenvalue weighted by Crippen LogP contribution is -2.32. The number of carbonyl (C=O) groups excluding carboxylic acids is 1. The summed E-state index contributed by atoms with van der Waals surface area (Å²) in [5, 5.41) is 7.02. The minimum Gasteiger partial charge on any atom is -0.326 e. The van der Waals surface area contributed by atoms with Crippen molar-refractivity contribution in [3.05, 3.63) is 52.4 Å². The fourth-order valence-electron chi connectivity index (χ4n) is 2.59. The molecule has 8 nitrogen and oxygen atoms in total. The molecule has 150 valence electrons. The molecule has 0 bridgehead atoms. The van der Waals surface area contributed by atoms with Crippen LogP contribution in [0.2, 0.25) is 0 Å². The van der Waals surface area contributed by atoms with Crippen LogP contribution in [0.3, 0.4) is 0 Å². The Hall–Kier alpha value is -2.52. The molecule has 28 heavy (non-hydrogen) atoms. The van der Waals surface area contributed by atoms with Crippen LogP contribution in [0.5, 0.6) is 0 Å². The summed E-state index contributed by atoms with van der Waals surface area (Å²) in [5.74, 6) is 0.110. The zero-order valence-electron chi connectivity index (χ0n) is 15.9. The van der Waals surface area contributed by atoms with Gasteiger partial charge in [-0.1, -0.05) is 13.8 Å². The van der Waals surface area contributed by atoms with E-state index in [0.29, 0.717) is 11.6 Å².